The Balaban J connectivity index is 2.47. The van der Waals surface area contributed by atoms with Crippen molar-refractivity contribution in [2.45, 2.75) is 0 Å². The summed E-state index contributed by atoms with van der Waals surface area (Å²) in [4.78, 5) is 4.14. The van der Waals surface area contributed by atoms with Crippen LogP contribution in [0.25, 0.3) is 11.4 Å². The quantitative estimate of drug-likeness (QED) is 0.753. The van der Waals surface area contributed by atoms with Gasteiger partial charge in [0.15, 0.2) is 11.6 Å². The average Bonchev–Trinajstić information content (AvgIpc) is 2.64. The van der Waals surface area contributed by atoms with Gasteiger partial charge < -0.3 is 9.30 Å². The molecular formula is C11H11FN2O. The largest absolute Gasteiger partial charge is 0.494 e. The second kappa shape index (κ2) is 3.73. The van der Waals surface area contributed by atoms with Crippen LogP contribution in [0.15, 0.2) is 30.6 Å². The van der Waals surface area contributed by atoms with Crippen molar-refractivity contribution in [2.75, 3.05) is 7.11 Å². The minimum Gasteiger partial charge on any atom is -0.494 e. The van der Waals surface area contributed by atoms with Crippen molar-refractivity contribution in [3.05, 3.63) is 36.4 Å². The highest BCUT2D eigenvalue weighted by Crippen LogP contribution is 2.23. The van der Waals surface area contributed by atoms with E-state index < -0.39 is 0 Å². The zero-order chi connectivity index (χ0) is 10.8. The van der Waals surface area contributed by atoms with E-state index in [9.17, 15) is 4.39 Å². The lowest BCUT2D eigenvalue weighted by Gasteiger charge is -2.05. The minimum atomic E-state index is -0.377. The van der Waals surface area contributed by atoms with Crippen molar-refractivity contribution < 1.29 is 9.13 Å². The Kier molecular flexibility index (Phi) is 2.41. The number of methoxy groups -OCH3 is 1. The van der Waals surface area contributed by atoms with Gasteiger partial charge in [0.05, 0.1) is 7.11 Å². The van der Waals surface area contributed by atoms with Gasteiger partial charge in [-0.15, -0.1) is 0 Å². The summed E-state index contributed by atoms with van der Waals surface area (Å²) in [7, 11) is 3.31. The van der Waals surface area contributed by atoms with Crippen LogP contribution in [0.5, 0.6) is 5.75 Å². The molecule has 0 spiro atoms. The number of hydrogen-bond acceptors (Lipinski definition) is 2. The number of aromatic nitrogens is 2. The van der Waals surface area contributed by atoms with Gasteiger partial charge in [0.2, 0.25) is 0 Å². The van der Waals surface area contributed by atoms with E-state index in [-0.39, 0.29) is 11.6 Å². The van der Waals surface area contributed by atoms with Gasteiger partial charge in [-0.1, -0.05) is 0 Å². The Morgan fingerprint density at radius 2 is 2.20 bits per heavy atom. The molecule has 0 saturated heterocycles. The first kappa shape index (κ1) is 9.71. The molecule has 0 fully saturated rings. The molecule has 3 nitrogen and oxygen atoms in total. The van der Waals surface area contributed by atoms with Crippen molar-refractivity contribution >= 4 is 0 Å². The first-order valence-electron chi connectivity index (χ1n) is 4.53. The summed E-state index contributed by atoms with van der Waals surface area (Å²) in [6, 6.07) is 4.80. The van der Waals surface area contributed by atoms with Crippen molar-refractivity contribution in [1.29, 1.82) is 0 Å². The molecule has 0 amide bonds. The second-order valence-electron chi connectivity index (χ2n) is 3.21. The van der Waals surface area contributed by atoms with E-state index in [4.69, 9.17) is 4.74 Å². The van der Waals surface area contributed by atoms with E-state index >= 15 is 0 Å². The Hall–Kier alpha value is -1.84. The SMILES string of the molecule is COc1ccc(-c2nccn2C)cc1F. The number of hydrogen-bond donors (Lipinski definition) is 0. The van der Waals surface area contributed by atoms with Crippen LogP contribution >= 0.6 is 0 Å². The normalized spacial score (nSPS) is 10.3. The van der Waals surface area contributed by atoms with E-state index in [0.29, 0.717) is 0 Å². The number of halogens is 1. The molecule has 0 saturated carbocycles. The molecule has 0 radical (unpaired) electrons. The highest BCUT2D eigenvalue weighted by atomic mass is 19.1. The van der Waals surface area contributed by atoms with Gasteiger partial charge in [-0.05, 0) is 18.2 Å². The van der Waals surface area contributed by atoms with Crippen LogP contribution < -0.4 is 4.74 Å². The summed E-state index contributed by atoms with van der Waals surface area (Å²) >= 11 is 0. The third kappa shape index (κ3) is 1.70. The van der Waals surface area contributed by atoms with E-state index in [1.54, 1.807) is 18.3 Å². The van der Waals surface area contributed by atoms with Gasteiger partial charge in [0, 0.05) is 25.0 Å². The fraction of sp³-hybridized carbons (Fsp3) is 0.182. The molecule has 0 aliphatic carbocycles. The highest BCUT2D eigenvalue weighted by Gasteiger charge is 2.07. The number of imidazole rings is 1. The summed E-state index contributed by atoms with van der Waals surface area (Å²) in [5.41, 5.74) is 0.737. The van der Waals surface area contributed by atoms with Crippen LogP contribution in [0.1, 0.15) is 0 Å². The molecule has 1 heterocycles. The zero-order valence-electron chi connectivity index (χ0n) is 8.57. The van der Waals surface area contributed by atoms with Crippen LogP contribution in [0, 0.1) is 5.82 Å². The maximum atomic E-state index is 13.4. The Bertz CT molecular complexity index is 479. The lowest BCUT2D eigenvalue weighted by Crippen LogP contribution is -1.93. The average molecular weight is 206 g/mol. The molecule has 0 N–H and O–H groups in total. The summed E-state index contributed by atoms with van der Waals surface area (Å²) < 4.78 is 20.1. The van der Waals surface area contributed by atoms with Gasteiger partial charge >= 0.3 is 0 Å². The lowest BCUT2D eigenvalue weighted by molar-refractivity contribution is 0.386. The van der Waals surface area contributed by atoms with Crippen LogP contribution in [0.2, 0.25) is 0 Å². The monoisotopic (exact) mass is 206 g/mol. The first-order chi connectivity index (χ1) is 7.22. The van der Waals surface area contributed by atoms with Crippen molar-refractivity contribution in [1.82, 2.24) is 9.55 Å². The third-order valence-electron chi connectivity index (χ3n) is 2.23. The maximum Gasteiger partial charge on any atom is 0.165 e. The molecule has 0 unspecified atom stereocenters. The molecular weight excluding hydrogens is 195 g/mol. The Morgan fingerprint density at radius 3 is 2.73 bits per heavy atom. The van der Waals surface area contributed by atoms with E-state index in [0.717, 1.165) is 11.4 Å². The topological polar surface area (TPSA) is 27.1 Å². The highest BCUT2D eigenvalue weighted by molar-refractivity contribution is 5.57. The number of benzene rings is 1. The summed E-state index contributed by atoms with van der Waals surface area (Å²) in [5.74, 6) is 0.600. The molecule has 1 aromatic carbocycles. The van der Waals surface area contributed by atoms with E-state index in [1.165, 1.54) is 13.2 Å². The number of nitrogens with zero attached hydrogens (tertiary/aromatic N) is 2. The Labute approximate surface area is 87.1 Å². The predicted molar refractivity (Wildman–Crippen MR) is 55.2 cm³/mol. The summed E-state index contributed by atoms with van der Waals surface area (Å²) in [6.07, 6.45) is 3.49. The second-order valence-corrected chi connectivity index (χ2v) is 3.21. The maximum absolute atomic E-state index is 13.4. The fourth-order valence-corrected chi connectivity index (χ4v) is 1.45. The van der Waals surface area contributed by atoms with Crippen LogP contribution in [-0.4, -0.2) is 16.7 Å². The molecule has 0 bridgehead atoms. The van der Waals surface area contributed by atoms with Crippen molar-refractivity contribution in [2.24, 2.45) is 7.05 Å². The number of rotatable bonds is 2. The summed E-state index contributed by atoms with van der Waals surface area (Å²) in [6.45, 7) is 0. The standard InChI is InChI=1S/C11H11FN2O/c1-14-6-5-13-11(14)8-3-4-10(15-2)9(12)7-8/h3-7H,1-2H3. The molecule has 4 heteroatoms. The third-order valence-corrected chi connectivity index (χ3v) is 2.23. The lowest BCUT2D eigenvalue weighted by atomic mass is 10.2. The van der Waals surface area contributed by atoms with Gasteiger partial charge in [-0.25, -0.2) is 9.37 Å². The van der Waals surface area contributed by atoms with E-state index in [1.807, 2.05) is 17.8 Å². The molecule has 0 aliphatic rings. The van der Waals surface area contributed by atoms with Gasteiger partial charge in [-0.3, -0.25) is 0 Å². The smallest absolute Gasteiger partial charge is 0.165 e. The first-order valence-corrected chi connectivity index (χ1v) is 4.53. The van der Waals surface area contributed by atoms with Crippen LogP contribution in [-0.2, 0) is 7.05 Å². The van der Waals surface area contributed by atoms with Crippen molar-refractivity contribution in [3.8, 4) is 17.1 Å². The van der Waals surface area contributed by atoms with Crippen LogP contribution in [0.3, 0.4) is 0 Å². The van der Waals surface area contributed by atoms with E-state index in [2.05, 4.69) is 4.98 Å². The molecule has 2 rings (SSSR count). The fourth-order valence-electron chi connectivity index (χ4n) is 1.45. The zero-order valence-corrected chi connectivity index (χ0v) is 8.57. The number of aryl methyl sites for hydroxylation is 1. The van der Waals surface area contributed by atoms with Gasteiger partial charge in [0.25, 0.3) is 0 Å². The molecule has 15 heavy (non-hydrogen) atoms. The van der Waals surface area contributed by atoms with Gasteiger partial charge in [0.1, 0.15) is 5.82 Å². The van der Waals surface area contributed by atoms with Crippen LogP contribution in [0.4, 0.5) is 4.39 Å². The number of ether oxygens (including phenoxy) is 1. The molecule has 0 atom stereocenters. The predicted octanol–water partition coefficient (Wildman–Crippen LogP) is 2.23. The molecule has 78 valence electrons. The minimum absolute atomic E-state index is 0.243. The molecule has 0 aliphatic heterocycles. The molecule has 2 aromatic rings. The summed E-state index contributed by atoms with van der Waals surface area (Å²) in [5, 5.41) is 0. The van der Waals surface area contributed by atoms with Gasteiger partial charge in [-0.2, -0.15) is 0 Å². The van der Waals surface area contributed by atoms with Crippen molar-refractivity contribution in [3.63, 3.8) is 0 Å². The molecule has 1 aromatic heterocycles. The Morgan fingerprint density at radius 1 is 1.40 bits per heavy atom.